The molecule has 5 heteroatoms. The first-order valence-corrected chi connectivity index (χ1v) is 9.03. The van der Waals surface area contributed by atoms with Crippen molar-refractivity contribution in [1.82, 2.24) is 9.55 Å². The molecule has 0 aliphatic heterocycles. The highest BCUT2D eigenvalue weighted by atomic mass is 35.5. The Morgan fingerprint density at radius 3 is 2.86 bits per heavy atom. The van der Waals surface area contributed by atoms with Crippen molar-refractivity contribution in [3.05, 3.63) is 29.6 Å². The van der Waals surface area contributed by atoms with E-state index in [4.69, 9.17) is 16.9 Å². The van der Waals surface area contributed by atoms with Gasteiger partial charge in [0.15, 0.2) is 0 Å². The quantitative estimate of drug-likeness (QED) is 0.546. The zero-order chi connectivity index (χ0) is 15.2. The van der Waals surface area contributed by atoms with Gasteiger partial charge in [-0.1, -0.05) is 6.42 Å². The molecule has 0 saturated heterocycles. The van der Waals surface area contributed by atoms with Crippen LogP contribution in [0.5, 0.6) is 0 Å². The Balaban J connectivity index is 2.25. The van der Waals surface area contributed by atoms with E-state index in [0.717, 1.165) is 29.8 Å². The van der Waals surface area contributed by atoms with Gasteiger partial charge in [-0.05, 0) is 50.0 Å². The van der Waals surface area contributed by atoms with Gasteiger partial charge in [0.2, 0.25) is 0 Å². The fourth-order valence-electron chi connectivity index (χ4n) is 2.44. The Kier molecular flexibility index (Phi) is 5.96. The van der Waals surface area contributed by atoms with E-state index in [-0.39, 0.29) is 5.38 Å². The van der Waals surface area contributed by atoms with E-state index in [1.165, 1.54) is 18.6 Å². The molecule has 1 unspecified atom stereocenters. The van der Waals surface area contributed by atoms with Crippen LogP contribution in [0.4, 0.5) is 0 Å². The highest BCUT2D eigenvalue weighted by molar-refractivity contribution is 7.98. The van der Waals surface area contributed by atoms with E-state index in [1.807, 2.05) is 30.8 Å². The number of imidazole rings is 1. The van der Waals surface area contributed by atoms with Crippen molar-refractivity contribution < 1.29 is 0 Å². The summed E-state index contributed by atoms with van der Waals surface area (Å²) in [5.41, 5.74) is 2.60. The molecule has 1 aromatic heterocycles. The van der Waals surface area contributed by atoms with E-state index in [9.17, 15) is 0 Å². The number of aromatic nitrogens is 2. The maximum absolute atomic E-state index is 9.07. The van der Waals surface area contributed by atoms with Crippen LogP contribution in [-0.2, 0) is 6.54 Å². The van der Waals surface area contributed by atoms with Gasteiger partial charge in [-0.15, -0.1) is 11.6 Å². The van der Waals surface area contributed by atoms with E-state index < -0.39 is 0 Å². The van der Waals surface area contributed by atoms with Gasteiger partial charge in [0.05, 0.1) is 28.0 Å². The second-order valence-corrected chi connectivity index (χ2v) is 6.75. The van der Waals surface area contributed by atoms with E-state index in [2.05, 4.69) is 21.9 Å². The highest BCUT2D eigenvalue weighted by Gasteiger charge is 2.15. The molecule has 21 heavy (non-hydrogen) atoms. The summed E-state index contributed by atoms with van der Waals surface area (Å²) in [6, 6.07) is 7.81. The number of nitriles is 1. The molecule has 0 bridgehead atoms. The van der Waals surface area contributed by atoms with Crippen molar-refractivity contribution in [2.75, 3.05) is 12.0 Å². The molecule has 0 amide bonds. The van der Waals surface area contributed by atoms with Gasteiger partial charge in [-0.2, -0.15) is 17.0 Å². The number of rotatable bonds is 7. The fourth-order valence-corrected chi connectivity index (χ4v) is 3.10. The van der Waals surface area contributed by atoms with Crippen LogP contribution in [0.25, 0.3) is 11.0 Å². The number of alkyl halides is 1. The number of aryl methyl sites for hydroxylation is 1. The molecule has 1 atom stereocenters. The number of hydrogen-bond acceptors (Lipinski definition) is 3. The Hall–Kier alpha value is -1.18. The van der Waals surface area contributed by atoms with Gasteiger partial charge in [0.1, 0.15) is 5.82 Å². The third-order valence-electron chi connectivity index (χ3n) is 3.49. The monoisotopic (exact) mass is 321 g/mol. The lowest BCUT2D eigenvalue weighted by Gasteiger charge is -2.10. The normalized spacial score (nSPS) is 12.5. The van der Waals surface area contributed by atoms with Gasteiger partial charge < -0.3 is 4.57 Å². The molecule has 3 nitrogen and oxygen atoms in total. The van der Waals surface area contributed by atoms with Crippen molar-refractivity contribution in [3.8, 4) is 6.07 Å². The smallest absolute Gasteiger partial charge is 0.127 e. The SMILES string of the molecule is CSCCCCCn1c(C(C)Cl)nc2ccc(C#N)cc21. The Labute approximate surface area is 135 Å². The predicted molar refractivity (Wildman–Crippen MR) is 90.9 cm³/mol. The molecular weight excluding hydrogens is 302 g/mol. The molecule has 0 radical (unpaired) electrons. The van der Waals surface area contributed by atoms with Crippen LogP contribution in [0.1, 0.15) is 43.0 Å². The van der Waals surface area contributed by atoms with Crippen molar-refractivity contribution in [2.45, 2.75) is 38.1 Å². The molecule has 1 heterocycles. The molecule has 0 spiro atoms. The second kappa shape index (κ2) is 7.72. The summed E-state index contributed by atoms with van der Waals surface area (Å²) in [6.45, 7) is 2.85. The number of nitrogens with zero attached hydrogens (tertiary/aromatic N) is 3. The lowest BCUT2D eigenvalue weighted by Crippen LogP contribution is -2.05. The van der Waals surface area contributed by atoms with Gasteiger partial charge >= 0.3 is 0 Å². The molecule has 0 fully saturated rings. The zero-order valence-electron chi connectivity index (χ0n) is 12.5. The number of fused-ring (bicyclic) bond motifs is 1. The maximum Gasteiger partial charge on any atom is 0.127 e. The second-order valence-electron chi connectivity index (χ2n) is 5.11. The topological polar surface area (TPSA) is 41.6 Å². The van der Waals surface area contributed by atoms with Crippen LogP contribution in [0, 0.1) is 11.3 Å². The molecule has 0 N–H and O–H groups in total. The van der Waals surface area contributed by atoms with Crippen LogP contribution in [0.2, 0.25) is 0 Å². The number of thioether (sulfide) groups is 1. The van der Waals surface area contributed by atoms with Crippen LogP contribution in [0.3, 0.4) is 0 Å². The number of halogens is 1. The standard InChI is InChI=1S/C16H20ClN3S/c1-12(17)16-19-14-7-6-13(11-18)10-15(14)20(16)8-4-3-5-9-21-2/h6-7,10,12H,3-5,8-9H2,1-2H3. The molecule has 112 valence electrons. The molecule has 2 aromatic rings. The molecule has 1 aromatic carbocycles. The first kappa shape index (κ1) is 16.2. The number of hydrogen-bond donors (Lipinski definition) is 0. The Bertz CT molecular complexity index is 643. The van der Waals surface area contributed by atoms with Crippen molar-refractivity contribution >= 4 is 34.4 Å². The highest BCUT2D eigenvalue weighted by Crippen LogP contribution is 2.26. The van der Waals surface area contributed by atoms with Gasteiger partial charge in [-0.25, -0.2) is 4.98 Å². The van der Waals surface area contributed by atoms with Gasteiger partial charge in [0, 0.05) is 6.54 Å². The minimum atomic E-state index is -0.130. The fraction of sp³-hybridized carbons (Fsp3) is 0.500. The molecule has 0 saturated carbocycles. The van der Waals surface area contributed by atoms with Crippen LogP contribution in [-0.4, -0.2) is 21.6 Å². The average molecular weight is 322 g/mol. The van der Waals surface area contributed by atoms with Crippen LogP contribution >= 0.6 is 23.4 Å². The lowest BCUT2D eigenvalue weighted by molar-refractivity contribution is 0.593. The first-order chi connectivity index (χ1) is 10.2. The molecule has 0 aliphatic rings. The molecule has 0 aliphatic carbocycles. The predicted octanol–water partition coefficient (Wildman–Crippen LogP) is 4.74. The third-order valence-corrected chi connectivity index (χ3v) is 4.38. The summed E-state index contributed by atoms with van der Waals surface area (Å²) in [6.07, 6.45) is 5.69. The van der Waals surface area contributed by atoms with Crippen molar-refractivity contribution in [3.63, 3.8) is 0 Å². The van der Waals surface area contributed by atoms with Gasteiger partial charge in [0.25, 0.3) is 0 Å². The van der Waals surface area contributed by atoms with Gasteiger partial charge in [-0.3, -0.25) is 0 Å². The van der Waals surface area contributed by atoms with Crippen molar-refractivity contribution in [1.29, 1.82) is 5.26 Å². The van der Waals surface area contributed by atoms with Crippen molar-refractivity contribution in [2.24, 2.45) is 0 Å². The third kappa shape index (κ3) is 3.93. The van der Waals surface area contributed by atoms with E-state index in [1.54, 1.807) is 6.07 Å². The summed E-state index contributed by atoms with van der Waals surface area (Å²) in [4.78, 5) is 4.62. The van der Waals surface area contributed by atoms with E-state index >= 15 is 0 Å². The largest absolute Gasteiger partial charge is 0.327 e. The molecule has 2 rings (SSSR count). The Morgan fingerprint density at radius 1 is 1.38 bits per heavy atom. The minimum absolute atomic E-state index is 0.130. The molecular formula is C16H20ClN3S. The van der Waals surface area contributed by atoms with Crippen LogP contribution in [0.15, 0.2) is 18.2 Å². The zero-order valence-corrected chi connectivity index (χ0v) is 14.0. The summed E-state index contributed by atoms with van der Waals surface area (Å²) >= 11 is 8.15. The Morgan fingerprint density at radius 2 is 2.19 bits per heavy atom. The summed E-state index contributed by atoms with van der Waals surface area (Å²) < 4.78 is 2.17. The first-order valence-electron chi connectivity index (χ1n) is 7.20. The average Bonchev–Trinajstić information content (AvgIpc) is 2.85. The minimum Gasteiger partial charge on any atom is -0.327 e. The lowest BCUT2D eigenvalue weighted by atomic mass is 10.2. The summed E-state index contributed by atoms with van der Waals surface area (Å²) in [7, 11) is 0. The summed E-state index contributed by atoms with van der Waals surface area (Å²) in [5.74, 6) is 2.11. The summed E-state index contributed by atoms with van der Waals surface area (Å²) in [5, 5.41) is 8.94. The van der Waals surface area contributed by atoms with E-state index in [0.29, 0.717) is 5.56 Å². The maximum atomic E-state index is 9.07. The number of unbranched alkanes of at least 4 members (excludes halogenated alkanes) is 2. The number of benzene rings is 1. The van der Waals surface area contributed by atoms with Crippen LogP contribution < -0.4 is 0 Å².